The van der Waals surface area contributed by atoms with Gasteiger partial charge in [0, 0.05) is 17.8 Å². The van der Waals surface area contributed by atoms with E-state index < -0.39 is 6.03 Å². The number of amides is 3. The standard InChI is InChI=1S/C17H15N5O2/c23-16(11-20-17(24)21-12-4-2-8-18-10-12)22-15-7-1-6-14-13(15)5-3-9-19-14/h1-10H,11H2,(H,22,23)(H2,20,21,24). The van der Waals surface area contributed by atoms with Crippen molar-refractivity contribution in [2.75, 3.05) is 17.2 Å². The number of nitrogens with zero attached hydrogens (tertiary/aromatic N) is 2. The molecule has 0 spiro atoms. The van der Waals surface area contributed by atoms with Gasteiger partial charge in [-0.1, -0.05) is 6.07 Å². The Morgan fingerprint density at radius 2 is 1.83 bits per heavy atom. The van der Waals surface area contributed by atoms with Crippen LogP contribution >= 0.6 is 0 Å². The monoisotopic (exact) mass is 321 g/mol. The minimum absolute atomic E-state index is 0.150. The molecule has 2 heterocycles. The lowest BCUT2D eigenvalue weighted by Gasteiger charge is -2.10. The first-order valence-corrected chi connectivity index (χ1v) is 7.31. The summed E-state index contributed by atoms with van der Waals surface area (Å²) in [6.45, 7) is -0.150. The van der Waals surface area contributed by atoms with Crippen LogP contribution in [0.25, 0.3) is 10.9 Å². The fraction of sp³-hybridized carbons (Fsp3) is 0.0588. The molecule has 120 valence electrons. The van der Waals surface area contributed by atoms with Crippen LogP contribution in [0, 0.1) is 0 Å². The molecule has 7 heteroatoms. The second kappa shape index (κ2) is 7.19. The number of benzene rings is 1. The van der Waals surface area contributed by atoms with Gasteiger partial charge in [-0.15, -0.1) is 0 Å². The molecule has 0 aliphatic carbocycles. The fourth-order valence-corrected chi connectivity index (χ4v) is 2.18. The predicted molar refractivity (Wildman–Crippen MR) is 91.6 cm³/mol. The lowest BCUT2D eigenvalue weighted by Crippen LogP contribution is -2.35. The van der Waals surface area contributed by atoms with Crippen molar-refractivity contribution in [1.29, 1.82) is 0 Å². The summed E-state index contributed by atoms with van der Waals surface area (Å²) < 4.78 is 0. The van der Waals surface area contributed by atoms with Crippen LogP contribution in [0.5, 0.6) is 0 Å². The number of carbonyl (C=O) groups is 2. The zero-order valence-corrected chi connectivity index (χ0v) is 12.7. The van der Waals surface area contributed by atoms with E-state index in [1.807, 2.05) is 18.2 Å². The molecule has 0 bridgehead atoms. The van der Waals surface area contributed by atoms with E-state index in [-0.39, 0.29) is 12.5 Å². The maximum Gasteiger partial charge on any atom is 0.319 e. The molecular formula is C17H15N5O2. The lowest BCUT2D eigenvalue weighted by molar-refractivity contribution is -0.115. The van der Waals surface area contributed by atoms with Gasteiger partial charge in [0.05, 0.1) is 29.6 Å². The maximum atomic E-state index is 12.0. The third-order valence-electron chi connectivity index (χ3n) is 3.25. The van der Waals surface area contributed by atoms with Gasteiger partial charge in [0.1, 0.15) is 0 Å². The number of pyridine rings is 2. The zero-order valence-electron chi connectivity index (χ0n) is 12.7. The van der Waals surface area contributed by atoms with Crippen LogP contribution in [0.1, 0.15) is 0 Å². The normalized spacial score (nSPS) is 10.2. The van der Waals surface area contributed by atoms with Crippen molar-refractivity contribution in [3.63, 3.8) is 0 Å². The third kappa shape index (κ3) is 3.83. The number of carbonyl (C=O) groups excluding carboxylic acids is 2. The molecule has 3 aromatic rings. The molecule has 0 aliphatic heterocycles. The number of anilines is 2. The van der Waals surface area contributed by atoms with Crippen LogP contribution in [-0.2, 0) is 4.79 Å². The van der Waals surface area contributed by atoms with Crippen LogP contribution < -0.4 is 16.0 Å². The second-order valence-corrected chi connectivity index (χ2v) is 4.97. The van der Waals surface area contributed by atoms with Gasteiger partial charge >= 0.3 is 6.03 Å². The summed E-state index contributed by atoms with van der Waals surface area (Å²) in [6, 6.07) is 12.1. The minimum atomic E-state index is -0.474. The van der Waals surface area contributed by atoms with E-state index in [0.717, 1.165) is 10.9 Å². The highest BCUT2D eigenvalue weighted by Crippen LogP contribution is 2.20. The fourth-order valence-electron chi connectivity index (χ4n) is 2.18. The maximum absolute atomic E-state index is 12.0. The molecule has 0 fully saturated rings. The summed E-state index contributed by atoms with van der Waals surface area (Å²) in [6.07, 6.45) is 4.82. The molecule has 2 aromatic heterocycles. The minimum Gasteiger partial charge on any atom is -0.329 e. The molecule has 0 saturated carbocycles. The Kier molecular flexibility index (Phi) is 4.62. The van der Waals surface area contributed by atoms with Gasteiger partial charge in [-0.05, 0) is 36.4 Å². The predicted octanol–water partition coefficient (Wildman–Crippen LogP) is 2.39. The molecule has 0 unspecified atom stereocenters. The van der Waals surface area contributed by atoms with E-state index in [9.17, 15) is 9.59 Å². The van der Waals surface area contributed by atoms with Crippen molar-refractivity contribution in [3.05, 3.63) is 61.1 Å². The van der Waals surface area contributed by atoms with Gasteiger partial charge in [0.15, 0.2) is 0 Å². The smallest absolute Gasteiger partial charge is 0.319 e. The first-order chi connectivity index (χ1) is 11.7. The summed E-state index contributed by atoms with van der Waals surface area (Å²) in [4.78, 5) is 31.9. The molecule has 7 nitrogen and oxygen atoms in total. The van der Waals surface area contributed by atoms with Crippen molar-refractivity contribution in [2.45, 2.75) is 0 Å². The lowest BCUT2D eigenvalue weighted by atomic mass is 10.2. The van der Waals surface area contributed by atoms with Crippen molar-refractivity contribution < 1.29 is 9.59 Å². The average molecular weight is 321 g/mol. The number of hydrogen-bond acceptors (Lipinski definition) is 4. The molecule has 3 N–H and O–H groups in total. The molecule has 3 rings (SSSR count). The van der Waals surface area contributed by atoms with Gasteiger partial charge in [0.2, 0.25) is 5.91 Å². The third-order valence-corrected chi connectivity index (χ3v) is 3.25. The second-order valence-electron chi connectivity index (χ2n) is 4.97. The SMILES string of the molecule is O=C(CNC(=O)Nc1cccnc1)Nc1cccc2ncccc12. The topological polar surface area (TPSA) is 96.0 Å². The van der Waals surface area contributed by atoms with Gasteiger partial charge in [-0.2, -0.15) is 0 Å². The largest absolute Gasteiger partial charge is 0.329 e. The van der Waals surface area contributed by atoms with Gasteiger partial charge in [-0.3, -0.25) is 14.8 Å². The molecule has 0 atom stereocenters. The van der Waals surface area contributed by atoms with E-state index in [1.165, 1.54) is 6.20 Å². The summed E-state index contributed by atoms with van der Waals surface area (Å²) in [7, 11) is 0. The molecule has 0 saturated heterocycles. The van der Waals surface area contributed by atoms with E-state index in [2.05, 4.69) is 25.9 Å². The molecule has 24 heavy (non-hydrogen) atoms. The van der Waals surface area contributed by atoms with Crippen LogP contribution in [0.15, 0.2) is 61.1 Å². The van der Waals surface area contributed by atoms with E-state index in [0.29, 0.717) is 11.4 Å². The first kappa shape index (κ1) is 15.4. The quantitative estimate of drug-likeness (QED) is 0.687. The highest BCUT2D eigenvalue weighted by molar-refractivity contribution is 6.02. The Labute approximate surface area is 138 Å². The van der Waals surface area contributed by atoms with Crippen LogP contribution in [0.3, 0.4) is 0 Å². The Bertz CT molecular complexity index is 862. The molecule has 1 aromatic carbocycles. The van der Waals surface area contributed by atoms with Crippen LogP contribution in [0.2, 0.25) is 0 Å². The molecular weight excluding hydrogens is 306 g/mol. The van der Waals surface area contributed by atoms with Crippen molar-refractivity contribution in [1.82, 2.24) is 15.3 Å². The van der Waals surface area contributed by atoms with Crippen molar-refractivity contribution in [2.24, 2.45) is 0 Å². The Morgan fingerprint density at radius 3 is 2.67 bits per heavy atom. The van der Waals surface area contributed by atoms with E-state index in [1.54, 1.807) is 36.7 Å². The Balaban J connectivity index is 1.56. The van der Waals surface area contributed by atoms with Crippen LogP contribution in [-0.4, -0.2) is 28.5 Å². The zero-order chi connectivity index (χ0) is 16.8. The summed E-state index contributed by atoms with van der Waals surface area (Å²) >= 11 is 0. The summed E-state index contributed by atoms with van der Waals surface area (Å²) in [5.41, 5.74) is 1.99. The van der Waals surface area contributed by atoms with Crippen LogP contribution in [0.4, 0.5) is 16.2 Å². The summed E-state index contributed by atoms with van der Waals surface area (Å²) in [5, 5.41) is 8.69. The molecule has 0 radical (unpaired) electrons. The van der Waals surface area contributed by atoms with Gasteiger partial charge < -0.3 is 16.0 Å². The average Bonchev–Trinajstić information content (AvgIpc) is 2.61. The highest BCUT2D eigenvalue weighted by atomic mass is 16.2. The van der Waals surface area contributed by atoms with Gasteiger partial charge in [-0.25, -0.2) is 4.79 Å². The van der Waals surface area contributed by atoms with E-state index in [4.69, 9.17) is 0 Å². The Hall–Kier alpha value is -3.48. The van der Waals surface area contributed by atoms with E-state index >= 15 is 0 Å². The van der Waals surface area contributed by atoms with Gasteiger partial charge in [0.25, 0.3) is 0 Å². The summed E-state index contributed by atoms with van der Waals surface area (Å²) in [5.74, 6) is -0.326. The number of hydrogen-bond donors (Lipinski definition) is 3. The highest BCUT2D eigenvalue weighted by Gasteiger charge is 2.08. The number of rotatable bonds is 4. The number of nitrogens with one attached hydrogen (secondary N) is 3. The van der Waals surface area contributed by atoms with Crippen molar-refractivity contribution in [3.8, 4) is 0 Å². The molecule has 3 amide bonds. The Morgan fingerprint density at radius 1 is 0.958 bits per heavy atom. The number of urea groups is 1. The first-order valence-electron chi connectivity index (χ1n) is 7.31. The van der Waals surface area contributed by atoms with Crippen molar-refractivity contribution >= 4 is 34.2 Å². The number of fused-ring (bicyclic) bond motifs is 1. The number of aromatic nitrogens is 2. The molecule has 0 aliphatic rings.